The Kier molecular flexibility index (Phi) is 7.14. The highest BCUT2D eigenvalue weighted by molar-refractivity contribution is 7.22. The predicted octanol–water partition coefficient (Wildman–Crippen LogP) is 3.71. The number of amides is 1. The molecule has 1 amide bonds. The monoisotopic (exact) mass is 439 g/mol. The highest BCUT2D eigenvalue weighted by Gasteiger charge is 2.13. The number of carbonyl (C=O) groups is 1. The molecule has 1 aromatic heterocycles. The van der Waals surface area contributed by atoms with Crippen molar-refractivity contribution in [3.05, 3.63) is 60.7 Å². The maximum atomic E-state index is 12.4. The van der Waals surface area contributed by atoms with Gasteiger partial charge in [-0.15, -0.1) is 0 Å². The second-order valence-corrected chi connectivity index (χ2v) is 8.12. The molecule has 1 saturated heterocycles. The van der Waals surface area contributed by atoms with Gasteiger partial charge in [-0.1, -0.05) is 42.2 Å². The number of carbonyl (C=O) groups excluding carboxylic acids is 1. The van der Waals surface area contributed by atoms with Crippen LogP contribution in [0.4, 0.5) is 5.13 Å². The lowest BCUT2D eigenvalue weighted by Crippen LogP contribution is -2.35. The normalized spacial score (nSPS) is 14.3. The number of anilines is 1. The number of ether oxygens (including phenoxy) is 3. The highest BCUT2D eigenvalue weighted by Crippen LogP contribution is 2.28. The van der Waals surface area contributed by atoms with Crippen LogP contribution < -0.4 is 14.8 Å². The largest absolute Gasteiger partial charge is 0.486 e. The molecule has 162 valence electrons. The number of hydrogen-bond acceptors (Lipinski definition) is 7. The van der Waals surface area contributed by atoms with Crippen LogP contribution in [-0.4, -0.2) is 55.3 Å². The van der Waals surface area contributed by atoms with Gasteiger partial charge >= 0.3 is 0 Å². The number of para-hydroxylation sites is 2. The van der Waals surface area contributed by atoms with Crippen LogP contribution in [0.25, 0.3) is 10.2 Å². The molecule has 0 aliphatic carbocycles. The molecule has 31 heavy (non-hydrogen) atoms. The van der Waals surface area contributed by atoms with Crippen LogP contribution in [0.1, 0.15) is 5.56 Å². The van der Waals surface area contributed by atoms with E-state index in [2.05, 4.69) is 33.9 Å². The molecular formula is C23H25N3O4S. The van der Waals surface area contributed by atoms with E-state index in [0.717, 1.165) is 43.1 Å². The number of aromatic nitrogens is 1. The van der Waals surface area contributed by atoms with Crippen LogP contribution in [0.2, 0.25) is 0 Å². The summed E-state index contributed by atoms with van der Waals surface area (Å²) >= 11 is 1.46. The van der Waals surface area contributed by atoms with E-state index in [9.17, 15) is 4.79 Å². The topological polar surface area (TPSA) is 72.9 Å². The third-order valence-corrected chi connectivity index (χ3v) is 5.71. The molecule has 0 atom stereocenters. The van der Waals surface area contributed by atoms with Crippen molar-refractivity contribution in [3.8, 4) is 11.5 Å². The highest BCUT2D eigenvalue weighted by atomic mass is 32.1. The number of fused-ring (bicyclic) bond motifs is 1. The number of benzene rings is 2. The van der Waals surface area contributed by atoms with Crippen molar-refractivity contribution >= 4 is 32.6 Å². The van der Waals surface area contributed by atoms with Gasteiger partial charge in [0, 0.05) is 19.6 Å². The summed E-state index contributed by atoms with van der Waals surface area (Å²) in [4.78, 5) is 19.3. The van der Waals surface area contributed by atoms with Gasteiger partial charge in [0.1, 0.15) is 6.61 Å². The van der Waals surface area contributed by atoms with Gasteiger partial charge in [-0.05, 0) is 29.8 Å². The van der Waals surface area contributed by atoms with Crippen LogP contribution >= 0.6 is 11.3 Å². The summed E-state index contributed by atoms with van der Waals surface area (Å²) in [5, 5.41) is 3.38. The lowest BCUT2D eigenvalue weighted by Gasteiger charge is -2.26. The van der Waals surface area contributed by atoms with Crippen molar-refractivity contribution in [2.75, 3.05) is 44.8 Å². The van der Waals surface area contributed by atoms with Gasteiger partial charge in [0.25, 0.3) is 5.91 Å². The van der Waals surface area contributed by atoms with Gasteiger partial charge < -0.3 is 14.2 Å². The molecule has 4 rings (SSSR count). The van der Waals surface area contributed by atoms with Crippen LogP contribution in [0, 0.1) is 0 Å². The summed E-state index contributed by atoms with van der Waals surface area (Å²) in [6.07, 6.45) is 1.66. The zero-order valence-electron chi connectivity index (χ0n) is 17.2. The fourth-order valence-electron chi connectivity index (χ4n) is 3.27. The minimum absolute atomic E-state index is 0.132. The van der Waals surface area contributed by atoms with Gasteiger partial charge in [-0.25, -0.2) is 4.98 Å². The van der Waals surface area contributed by atoms with Gasteiger partial charge in [0.05, 0.1) is 23.4 Å². The Labute approximate surface area is 185 Å². The molecule has 0 spiro atoms. The summed E-state index contributed by atoms with van der Waals surface area (Å²) < 4.78 is 17.6. The van der Waals surface area contributed by atoms with Gasteiger partial charge in [-0.3, -0.25) is 15.0 Å². The Bertz CT molecular complexity index is 1050. The predicted molar refractivity (Wildman–Crippen MR) is 122 cm³/mol. The van der Waals surface area contributed by atoms with Crippen LogP contribution in [0.3, 0.4) is 0 Å². The van der Waals surface area contributed by atoms with E-state index >= 15 is 0 Å². The summed E-state index contributed by atoms with van der Waals surface area (Å²) in [5.74, 6) is 0.811. The summed E-state index contributed by atoms with van der Waals surface area (Å²) in [5.41, 5.74) is 2.10. The van der Waals surface area contributed by atoms with Crippen molar-refractivity contribution in [2.24, 2.45) is 0 Å². The number of hydrogen-bond donors (Lipinski definition) is 1. The van der Waals surface area contributed by atoms with Crippen molar-refractivity contribution in [1.82, 2.24) is 9.88 Å². The molecule has 1 aliphatic rings. The molecule has 3 aromatic rings. The molecule has 0 saturated carbocycles. The molecule has 1 aliphatic heterocycles. The number of morpholine rings is 1. The lowest BCUT2D eigenvalue weighted by molar-refractivity contribution is -0.118. The second-order valence-electron chi connectivity index (χ2n) is 7.09. The molecule has 7 nitrogen and oxygen atoms in total. The van der Waals surface area contributed by atoms with Crippen LogP contribution in [0.5, 0.6) is 11.5 Å². The first-order valence-corrected chi connectivity index (χ1v) is 11.0. The Morgan fingerprint density at radius 1 is 1.19 bits per heavy atom. The average Bonchev–Trinajstić information content (AvgIpc) is 3.19. The first kappa shape index (κ1) is 21.3. The molecule has 2 aromatic carbocycles. The van der Waals surface area contributed by atoms with E-state index in [1.54, 1.807) is 18.2 Å². The number of rotatable bonds is 9. The maximum absolute atomic E-state index is 12.4. The van der Waals surface area contributed by atoms with Gasteiger partial charge in [0.15, 0.2) is 23.2 Å². The number of thiazole rings is 1. The van der Waals surface area contributed by atoms with E-state index in [-0.39, 0.29) is 12.5 Å². The van der Waals surface area contributed by atoms with Crippen molar-refractivity contribution < 1.29 is 19.0 Å². The zero-order chi connectivity index (χ0) is 21.5. The first-order chi connectivity index (χ1) is 15.2. The third-order valence-electron chi connectivity index (χ3n) is 4.77. The van der Waals surface area contributed by atoms with E-state index in [4.69, 9.17) is 14.2 Å². The molecule has 8 heteroatoms. The van der Waals surface area contributed by atoms with Crippen molar-refractivity contribution in [1.29, 1.82) is 0 Å². The minimum atomic E-state index is -0.272. The SMILES string of the molecule is C=CCOc1ccccc1OCC(=O)Nc1nc2ccc(CN3CCOCC3)cc2s1. The molecule has 2 heterocycles. The lowest BCUT2D eigenvalue weighted by atomic mass is 10.2. The summed E-state index contributed by atoms with van der Waals surface area (Å²) in [7, 11) is 0. The van der Waals surface area contributed by atoms with E-state index < -0.39 is 0 Å². The Morgan fingerprint density at radius 2 is 1.97 bits per heavy atom. The fourth-order valence-corrected chi connectivity index (χ4v) is 4.22. The van der Waals surface area contributed by atoms with E-state index in [1.807, 2.05) is 18.2 Å². The second kappa shape index (κ2) is 10.4. The Morgan fingerprint density at radius 3 is 2.74 bits per heavy atom. The molecular weight excluding hydrogens is 414 g/mol. The molecule has 1 N–H and O–H groups in total. The smallest absolute Gasteiger partial charge is 0.264 e. The maximum Gasteiger partial charge on any atom is 0.264 e. The number of nitrogens with one attached hydrogen (secondary N) is 1. The molecule has 0 unspecified atom stereocenters. The summed E-state index contributed by atoms with van der Waals surface area (Å²) in [6, 6.07) is 13.5. The van der Waals surface area contributed by atoms with Crippen LogP contribution in [-0.2, 0) is 16.1 Å². The van der Waals surface area contributed by atoms with Crippen LogP contribution in [0.15, 0.2) is 55.1 Å². The standard InChI is InChI=1S/C23H25N3O4S/c1-2-11-29-19-5-3-4-6-20(19)30-16-22(27)25-23-24-18-8-7-17(14-21(18)31-23)15-26-9-12-28-13-10-26/h2-8,14H,1,9-13,15-16H2,(H,24,25,27). The summed E-state index contributed by atoms with van der Waals surface area (Å²) in [6.45, 7) is 8.22. The van der Waals surface area contributed by atoms with E-state index in [1.165, 1.54) is 16.9 Å². The molecule has 0 radical (unpaired) electrons. The third kappa shape index (κ3) is 5.81. The molecule has 1 fully saturated rings. The van der Waals surface area contributed by atoms with Gasteiger partial charge in [-0.2, -0.15) is 0 Å². The Hall–Kier alpha value is -2.94. The molecule has 0 bridgehead atoms. The minimum Gasteiger partial charge on any atom is -0.486 e. The van der Waals surface area contributed by atoms with E-state index in [0.29, 0.717) is 23.2 Å². The zero-order valence-corrected chi connectivity index (χ0v) is 18.0. The quantitative estimate of drug-likeness (QED) is 0.513. The van der Waals surface area contributed by atoms with Gasteiger partial charge in [0.2, 0.25) is 0 Å². The van der Waals surface area contributed by atoms with Crippen molar-refractivity contribution in [2.45, 2.75) is 6.54 Å². The van der Waals surface area contributed by atoms with Crippen molar-refractivity contribution in [3.63, 3.8) is 0 Å². The average molecular weight is 440 g/mol. The Balaban J connectivity index is 1.35. The number of nitrogens with zero attached hydrogens (tertiary/aromatic N) is 2. The fraction of sp³-hybridized carbons (Fsp3) is 0.304. The first-order valence-electron chi connectivity index (χ1n) is 10.2.